The van der Waals surface area contributed by atoms with E-state index in [1.807, 2.05) is 35.4 Å². The average molecular weight is 402 g/mol. The average Bonchev–Trinajstić information content (AvgIpc) is 3.54. The zero-order chi connectivity index (χ0) is 19.9. The van der Waals surface area contributed by atoms with E-state index in [-0.39, 0.29) is 0 Å². The highest BCUT2D eigenvalue weighted by molar-refractivity contribution is 5.69. The summed E-state index contributed by atoms with van der Waals surface area (Å²) in [6, 6.07) is 4.28. The van der Waals surface area contributed by atoms with Gasteiger partial charge in [-0.15, -0.1) is 5.10 Å². The van der Waals surface area contributed by atoms with Gasteiger partial charge in [0.1, 0.15) is 6.33 Å². The quantitative estimate of drug-likeness (QED) is 0.445. The first-order chi connectivity index (χ1) is 14.8. The molecule has 30 heavy (non-hydrogen) atoms. The third kappa shape index (κ3) is 2.99. The van der Waals surface area contributed by atoms with Crippen LogP contribution in [0.4, 0.5) is 0 Å². The summed E-state index contributed by atoms with van der Waals surface area (Å²) in [4.78, 5) is 13.4. The maximum atomic E-state index is 5.44. The van der Waals surface area contributed by atoms with E-state index in [9.17, 15) is 0 Å². The van der Waals surface area contributed by atoms with Crippen LogP contribution < -0.4 is 0 Å². The van der Waals surface area contributed by atoms with Crippen LogP contribution in [0.15, 0.2) is 43.2 Å². The maximum absolute atomic E-state index is 5.44. The van der Waals surface area contributed by atoms with Gasteiger partial charge >= 0.3 is 0 Å². The molecule has 0 radical (unpaired) electrons. The van der Waals surface area contributed by atoms with Crippen molar-refractivity contribution in [2.75, 3.05) is 13.2 Å². The van der Waals surface area contributed by atoms with E-state index in [1.165, 1.54) is 6.33 Å². The van der Waals surface area contributed by atoms with E-state index in [0.717, 1.165) is 48.5 Å². The molecular weight excluding hydrogens is 384 g/mol. The van der Waals surface area contributed by atoms with Gasteiger partial charge in [0.25, 0.3) is 0 Å². The van der Waals surface area contributed by atoms with Crippen molar-refractivity contribution in [1.29, 1.82) is 0 Å². The van der Waals surface area contributed by atoms with Gasteiger partial charge in [0.15, 0.2) is 11.3 Å². The summed E-state index contributed by atoms with van der Waals surface area (Å²) in [5.74, 6) is 0. The Hall–Kier alpha value is -3.73. The van der Waals surface area contributed by atoms with Crippen LogP contribution in [0, 0.1) is 0 Å². The van der Waals surface area contributed by atoms with Gasteiger partial charge in [0.2, 0.25) is 5.65 Å². The Kier molecular flexibility index (Phi) is 3.98. The highest BCUT2D eigenvalue weighted by atomic mass is 16.5. The molecule has 0 saturated carbocycles. The SMILES string of the molecule is c1nc2ccc(Cn3nnc4ncc(-c5cnn(C6CCOCC6)c5)nc43)cn2n1. The summed E-state index contributed by atoms with van der Waals surface area (Å²) in [6.45, 7) is 2.06. The lowest BCUT2D eigenvalue weighted by Gasteiger charge is -2.22. The van der Waals surface area contributed by atoms with Crippen molar-refractivity contribution in [1.82, 2.24) is 49.3 Å². The highest BCUT2D eigenvalue weighted by Gasteiger charge is 2.18. The van der Waals surface area contributed by atoms with E-state index in [2.05, 4.69) is 30.5 Å². The summed E-state index contributed by atoms with van der Waals surface area (Å²) >= 11 is 0. The summed E-state index contributed by atoms with van der Waals surface area (Å²) in [5.41, 5.74) is 4.62. The highest BCUT2D eigenvalue weighted by Crippen LogP contribution is 2.24. The predicted octanol–water partition coefficient (Wildman–Crippen LogP) is 1.53. The minimum atomic E-state index is 0.364. The van der Waals surface area contributed by atoms with Crippen LogP contribution in [0.3, 0.4) is 0 Å². The first-order valence-electron chi connectivity index (χ1n) is 9.80. The first kappa shape index (κ1) is 17.2. The predicted molar refractivity (Wildman–Crippen MR) is 106 cm³/mol. The third-order valence-electron chi connectivity index (χ3n) is 5.36. The van der Waals surface area contributed by atoms with Crippen LogP contribution in [-0.4, -0.2) is 62.6 Å². The number of hydrogen-bond acceptors (Lipinski definition) is 8. The molecule has 150 valence electrons. The lowest BCUT2D eigenvalue weighted by Crippen LogP contribution is -2.19. The fourth-order valence-corrected chi connectivity index (χ4v) is 3.75. The molecule has 1 aliphatic rings. The van der Waals surface area contributed by atoms with Gasteiger partial charge in [0.05, 0.1) is 30.7 Å². The smallest absolute Gasteiger partial charge is 0.221 e. The molecule has 0 aromatic carbocycles. The molecule has 1 aliphatic heterocycles. The van der Waals surface area contributed by atoms with Crippen LogP contribution in [0.5, 0.6) is 0 Å². The summed E-state index contributed by atoms with van der Waals surface area (Å²) in [7, 11) is 0. The lowest BCUT2D eigenvalue weighted by molar-refractivity contribution is 0.0662. The molecule has 5 aromatic rings. The number of rotatable bonds is 4. The molecule has 11 heteroatoms. The van der Waals surface area contributed by atoms with Gasteiger partial charge in [-0.1, -0.05) is 11.3 Å². The Bertz CT molecular complexity index is 1330. The molecule has 6 rings (SSSR count). The van der Waals surface area contributed by atoms with Crippen molar-refractivity contribution in [2.24, 2.45) is 0 Å². The fourth-order valence-electron chi connectivity index (χ4n) is 3.75. The normalized spacial score (nSPS) is 15.3. The zero-order valence-electron chi connectivity index (χ0n) is 16.0. The molecule has 0 atom stereocenters. The minimum absolute atomic E-state index is 0.364. The van der Waals surface area contributed by atoms with Crippen molar-refractivity contribution in [2.45, 2.75) is 25.4 Å². The minimum Gasteiger partial charge on any atom is -0.381 e. The largest absolute Gasteiger partial charge is 0.381 e. The van der Waals surface area contributed by atoms with Crippen LogP contribution >= 0.6 is 0 Å². The molecule has 11 nitrogen and oxygen atoms in total. The zero-order valence-corrected chi connectivity index (χ0v) is 16.0. The van der Waals surface area contributed by atoms with E-state index in [4.69, 9.17) is 9.72 Å². The molecule has 0 bridgehead atoms. The number of hydrogen-bond donors (Lipinski definition) is 0. The first-order valence-corrected chi connectivity index (χ1v) is 9.80. The van der Waals surface area contributed by atoms with E-state index in [0.29, 0.717) is 23.9 Å². The molecule has 0 amide bonds. The van der Waals surface area contributed by atoms with Gasteiger partial charge in [-0.2, -0.15) is 10.2 Å². The van der Waals surface area contributed by atoms with Crippen molar-refractivity contribution >= 4 is 16.9 Å². The molecule has 0 unspecified atom stereocenters. The van der Waals surface area contributed by atoms with E-state index < -0.39 is 0 Å². The monoisotopic (exact) mass is 402 g/mol. The summed E-state index contributed by atoms with van der Waals surface area (Å²) in [6.07, 6.45) is 11.0. The van der Waals surface area contributed by atoms with E-state index in [1.54, 1.807) is 15.4 Å². The third-order valence-corrected chi connectivity index (χ3v) is 5.36. The topological polar surface area (TPSA) is 114 Å². The Labute approximate surface area is 170 Å². The number of aromatic nitrogens is 10. The van der Waals surface area contributed by atoms with Gasteiger partial charge < -0.3 is 4.74 Å². The number of fused-ring (bicyclic) bond motifs is 2. The Morgan fingerprint density at radius 1 is 1.03 bits per heavy atom. The van der Waals surface area contributed by atoms with E-state index >= 15 is 0 Å². The molecule has 5 aromatic heterocycles. The second-order valence-corrected chi connectivity index (χ2v) is 7.30. The number of nitrogens with zero attached hydrogens (tertiary/aromatic N) is 10. The summed E-state index contributed by atoms with van der Waals surface area (Å²) < 4.78 is 10.9. The van der Waals surface area contributed by atoms with Crippen molar-refractivity contribution in [3.63, 3.8) is 0 Å². The van der Waals surface area contributed by atoms with Crippen molar-refractivity contribution in [3.8, 4) is 11.3 Å². The molecule has 0 N–H and O–H groups in total. The van der Waals surface area contributed by atoms with Crippen LogP contribution in [0.2, 0.25) is 0 Å². The number of pyridine rings is 1. The van der Waals surface area contributed by atoms with Gasteiger partial charge in [-0.05, 0) is 24.5 Å². The Morgan fingerprint density at radius 2 is 1.97 bits per heavy atom. The Balaban J connectivity index is 1.31. The molecular formula is C19H18N10O. The lowest BCUT2D eigenvalue weighted by atomic mass is 10.1. The Morgan fingerprint density at radius 3 is 2.90 bits per heavy atom. The summed E-state index contributed by atoms with van der Waals surface area (Å²) in [5, 5.41) is 17.1. The second-order valence-electron chi connectivity index (χ2n) is 7.30. The van der Waals surface area contributed by atoms with Crippen LogP contribution in [0.25, 0.3) is 28.2 Å². The van der Waals surface area contributed by atoms with Crippen molar-refractivity contribution in [3.05, 3.63) is 48.8 Å². The molecule has 0 aliphatic carbocycles. The number of ether oxygens (including phenoxy) is 1. The van der Waals surface area contributed by atoms with Crippen molar-refractivity contribution < 1.29 is 4.74 Å². The van der Waals surface area contributed by atoms with Crippen LogP contribution in [-0.2, 0) is 11.3 Å². The van der Waals surface area contributed by atoms with Gasteiger partial charge in [-0.25, -0.2) is 24.1 Å². The fraction of sp³-hybridized carbons (Fsp3) is 0.316. The van der Waals surface area contributed by atoms with Gasteiger partial charge in [-0.3, -0.25) is 4.68 Å². The second kappa shape index (κ2) is 6.95. The molecule has 0 spiro atoms. The van der Waals surface area contributed by atoms with Crippen LogP contribution in [0.1, 0.15) is 24.4 Å². The standard InChI is InChI=1S/C19H18N10O/c1-2-17-21-12-23-28(17)9-13(1)10-29-19-18(25-26-29)20-8-16(24-19)14-7-22-27(11-14)15-3-5-30-6-4-15/h1-2,7-9,11-12,15H,3-6,10H2. The van der Waals surface area contributed by atoms with Gasteiger partial charge in [0, 0.05) is 31.2 Å². The molecule has 6 heterocycles. The molecule has 1 fully saturated rings. The molecule has 1 saturated heterocycles. The maximum Gasteiger partial charge on any atom is 0.221 e.